The number of nitrogens with zero attached hydrogens (tertiary/aromatic N) is 3. The van der Waals surface area contributed by atoms with E-state index in [1.807, 2.05) is 4.90 Å². The Morgan fingerprint density at radius 2 is 1.73 bits per heavy atom. The zero-order valence-electron chi connectivity index (χ0n) is 17.5. The summed E-state index contributed by atoms with van der Waals surface area (Å²) in [6.07, 6.45) is 1.53. The Kier molecular flexibility index (Phi) is 4.34. The Morgan fingerprint density at radius 3 is 2.37 bits per heavy atom. The molecule has 1 aliphatic carbocycles. The molecule has 5 aliphatic rings. The maximum absolute atomic E-state index is 12.8. The van der Waals surface area contributed by atoms with Crippen molar-refractivity contribution >= 4 is 17.9 Å². The van der Waals surface area contributed by atoms with Crippen molar-refractivity contribution in [2.24, 2.45) is 11.3 Å². The summed E-state index contributed by atoms with van der Waals surface area (Å²) in [5, 5.41) is 11.6. The number of hydrazine groups is 1. The quantitative estimate of drug-likeness (QED) is 0.405. The van der Waals surface area contributed by atoms with Crippen molar-refractivity contribution in [3.05, 3.63) is 0 Å². The minimum atomic E-state index is -0.581. The number of carbonyl (C=O) groups is 3. The van der Waals surface area contributed by atoms with Crippen LogP contribution in [0, 0.1) is 11.3 Å². The van der Waals surface area contributed by atoms with Gasteiger partial charge in [-0.05, 0) is 45.4 Å². The summed E-state index contributed by atoms with van der Waals surface area (Å²) in [5.41, 5.74) is 4.43. The Hall–Kier alpha value is -1.95. The monoisotopic (exact) mass is 423 g/mol. The van der Waals surface area contributed by atoms with Crippen LogP contribution in [0.2, 0.25) is 0 Å². The molecule has 0 aromatic heterocycles. The van der Waals surface area contributed by atoms with E-state index in [9.17, 15) is 19.6 Å². The molecule has 4 heterocycles. The van der Waals surface area contributed by atoms with Gasteiger partial charge in [-0.3, -0.25) is 25.3 Å². The van der Waals surface area contributed by atoms with E-state index in [1.54, 1.807) is 20.8 Å². The van der Waals surface area contributed by atoms with Crippen molar-refractivity contribution in [2.75, 3.05) is 19.6 Å². The second-order valence-electron chi connectivity index (χ2n) is 10.2. The molecule has 0 aromatic carbocycles. The van der Waals surface area contributed by atoms with Crippen molar-refractivity contribution in [3.63, 3.8) is 0 Å². The Morgan fingerprint density at radius 1 is 1.07 bits per heavy atom. The van der Waals surface area contributed by atoms with Gasteiger partial charge in [0.1, 0.15) is 5.60 Å². The minimum absolute atomic E-state index is 0.00583. The molecule has 30 heavy (non-hydrogen) atoms. The number of rotatable bonds is 2. The molecule has 11 heteroatoms. The number of piperazine rings is 1. The molecule has 5 rings (SSSR count). The number of epoxide rings is 1. The lowest BCUT2D eigenvalue weighted by Crippen LogP contribution is -2.67. The standard InChI is InChI=1S/C19H29N5O6/c1-18(2,3)30-17(27)22-7-10(8-22)13(25)20-21-14(26)11-6-19(4-5-19)12-9-23(11)15-16(29-15)24(12)28/h10-12,15-16,28H,4-9H2,1-3H3,(H,20,25)(H,21,26). The van der Waals surface area contributed by atoms with Gasteiger partial charge in [0.15, 0.2) is 12.5 Å². The second-order valence-corrected chi connectivity index (χ2v) is 10.2. The first-order chi connectivity index (χ1) is 14.1. The first-order valence-electron chi connectivity index (χ1n) is 10.5. The fourth-order valence-corrected chi connectivity index (χ4v) is 4.88. The first-order valence-corrected chi connectivity index (χ1v) is 10.5. The van der Waals surface area contributed by atoms with Gasteiger partial charge in [0.05, 0.1) is 18.0 Å². The highest BCUT2D eigenvalue weighted by Gasteiger charge is 2.68. The fourth-order valence-electron chi connectivity index (χ4n) is 4.88. The lowest BCUT2D eigenvalue weighted by molar-refractivity contribution is -0.207. The van der Waals surface area contributed by atoms with Gasteiger partial charge in [0, 0.05) is 19.6 Å². The molecule has 1 saturated carbocycles. The van der Waals surface area contributed by atoms with Crippen LogP contribution in [0.4, 0.5) is 4.79 Å². The van der Waals surface area contributed by atoms with E-state index >= 15 is 0 Å². The molecule has 3 N–H and O–H groups in total. The van der Waals surface area contributed by atoms with Gasteiger partial charge in [-0.25, -0.2) is 4.79 Å². The normalized spacial score (nSPS) is 36.4. The van der Waals surface area contributed by atoms with E-state index in [-0.39, 0.29) is 54.7 Å². The number of amides is 3. The van der Waals surface area contributed by atoms with E-state index in [0.29, 0.717) is 13.0 Å². The Balaban J connectivity index is 1.11. The summed E-state index contributed by atoms with van der Waals surface area (Å²) >= 11 is 0. The fraction of sp³-hybridized carbons (Fsp3) is 0.842. The van der Waals surface area contributed by atoms with Crippen LogP contribution in [0.3, 0.4) is 0 Å². The lowest BCUT2D eigenvalue weighted by Gasteiger charge is -2.48. The number of carbonyl (C=O) groups excluding carboxylic acids is 3. The van der Waals surface area contributed by atoms with Crippen LogP contribution in [-0.2, 0) is 19.1 Å². The summed E-state index contributed by atoms with van der Waals surface area (Å²) in [5.74, 6) is -0.965. The Labute approximate surface area is 174 Å². The molecule has 1 spiro atoms. The van der Waals surface area contributed by atoms with Crippen LogP contribution in [-0.4, -0.2) is 87.8 Å². The molecule has 5 fully saturated rings. The lowest BCUT2D eigenvalue weighted by atomic mass is 9.81. The third-order valence-corrected chi connectivity index (χ3v) is 6.85. The van der Waals surface area contributed by atoms with Crippen molar-refractivity contribution in [2.45, 2.75) is 70.2 Å². The SMILES string of the molecule is CC(C)(C)OC(=O)N1CC(C(=O)NNC(=O)C2CC3(CC3)C3CN2C2OC2N3O)C1. The molecular formula is C19H29N5O6. The summed E-state index contributed by atoms with van der Waals surface area (Å²) in [7, 11) is 0. The zero-order chi connectivity index (χ0) is 21.4. The van der Waals surface area contributed by atoms with E-state index < -0.39 is 17.7 Å². The van der Waals surface area contributed by atoms with Crippen LogP contribution < -0.4 is 10.9 Å². The number of fused-ring (bicyclic) bond motifs is 5. The molecule has 4 aliphatic heterocycles. The summed E-state index contributed by atoms with van der Waals surface area (Å²) in [4.78, 5) is 40.6. The average molecular weight is 423 g/mol. The van der Waals surface area contributed by atoms with Crippen molar-refractivity contribution in [3.8, 4) is 0 Å². The highest BCUT2D eigenvalue weighted by molar-refractivity contribution is 5.87. The number of ether oxygens (including phenoxy) is 2. The molecular weight excluding hydrogens is 394 g/mol. The molecule has 5 atom stereocenters. The largest absolute Gasteiger partial charge is 0.444 e. The number of hydrogen-bond donors (Lipinski definition) is 3. The molecule has 2 bridgehead atoms. The van der Waals surface area contributed by atoms with E-state index in [4.69, 9.17) is 9.47 Å². The second kappa shape index (κ2) is 6.52. The van der Waals surface area contributed by atoms with Crippen LogP contribution in [0.1, 0.15) is 40.0 Å². The third-order valence-electron chi connectivity index (χ3n) is 6.85. The average Bonchev–Trinajstić information content (AvgIpc) is 3.51. The maximum atomic E-state index is 12.8. The Bertz CT molecular complexity index is 774. The van der Waals surface area contributed by atoms with Crippen molar-refractivity contribution in [1.82, 2.24) is 25.7 Å². The van der Waals surface area contributed by atoms with Crippen LogP contribution in [0.15, 0.2) is 0 Å². The van der Waals surface area contributed by atoms with Crippen molar-refractivity contribution < 1.29 is 29.1 Å². The van der Waals surface area contributed by atoms with E-state index in [2.05, 4.69) is 10.9 Å². The predicted molar refractivity (Wildman–Crippen MR) is 100 cm³/mol. The van der Waals surface area contributed by atoms with Gasteiger partial charge in [0.2, 0.25) is 5.91 Å². The van der Waals surface area contributed by atoms with Gasteiger partial charge in [0.25, 0.3) is 5.91 Å². The van der Waals surface area contributed by atoms with Gasteiger partial charge in [-0.2, -0.15) is 5.06 Å². The van der Waals surface area contributed by atoms with Crippen molar-refractivity contribution in [1.29, 1.82) is 0 Å². The highest BCUT2D eigenvalue weighted by atomic mass is 16.7. The highest BCUT2D eigenvalue weighted by Crippen LogP contribution is 2.60. The molecule has 5 unspecified atom stereocenters. The number of hydrogen-bond acceptors (Lipinski definition) is 8. The molecule has 0 aromatic rings. The molecule has 0 radical (unpaired) electrons. The van der Waals surface area contributed by atoms with Crippen LogP contribution in [0.25, 0.3) is 0 Å². The number of likely N-dealkylation sites (tertiary alicyclic amines) is 1. The van der Waals surface area contributed by atoms with E-state index in [0.717, 1.165) is 12.8 Å². The van der Waals surface area contributed by atoms with Crippen LogP contribution in [0.5, 0.6) is 0 Å². The number of piperidine rings is 1. The zero-order valence-corrected chi connectivity index (χ0v) is 17.5. The number of hydroxylamine groups is 2. The summed E-state index contributed by atoms with van der Waals surface area (Å²) < 4.78 is 10.8. The molecule has 3 amide bonds. The minimum Gasteiger partial charge on any atom is -0.444 e. The first kappa shape index (κ1) is 20.0. The third kappa shape index (κ3) is 3.33. The molecule has 11 nitrogen and oxygen atoms in total. The molecule has 166 valence electrons. The van der Waals surface area contributed by atoms with Gasteiger partial charge in [-0.15, -0.1) is 0 Å². The summed E-state index contributed by atoms with van der Waals surface area (Å²) in [6, 6.07) is -0.402. The predicted octanol–water partition coefficient (Wildman–Crippen LogP) is -0.389. The molecule has 4 saturated heterocycles. The van der Waals surface area contributed by atoms with Gasteiger partial charge in [-0.1, -0.05) is 0 Å². The van der Waals surface area contributed by atoms with Gasteiger partial charge < -0.3 is 19.6 Å². The number of nitrogens with one attached hydrogen (secondary N) is 2. The smallest absolute Gasteiger partial charge is 0.410 e. The maximum Gasteiger partial charge on any atom is 0.410 e. The summed E-state index contributed by atoms with van der Waals surface area (Å²) in [6.45, 7) is 6.48. The van der Waals surface area contributed by atoms with Crippen LogP contribution >= 0.6 is 0 Å². The topological polar surface area (TPSA) is 127 Å². The van der Waals surface area contributed by atoms with Gasteiger partial charge >= 0.3 is 6.09 Å². The van der Waals surface area contributed by atoms with E-state index in [1.165, 1.54) is 9.96 Å².